The summed E-state index contributed by atoms with van der Waals surface area (Å²) in [4.78, 5) is 18.9. The highest BCUT2D eigenvalue weighted by molar-refractivity contribution is 7.22. The zero-order chi connectivity index (χ0) is 25.1. The van der Waals surface area contributed by atoms with Crippen molar-refractivity contribution in [2.24, 2.45) is 0 Å². The molecule has 1 aromatic carbocycles. The van der Waals surface area contributed by atoms with Crippen LogP contribution in [-0.4, -0.2) is 57.0 Å². The molecule has 5 heterocycles. The van der Waals surface area contributed by atoms with Gasteiger partial charge < -0.3 is 14.5 Å². The van der Waals surface area contributed by atoms with Crippen molar-refractivity contribution in [3.8, 4) is 11.3 Å². The van der Waals surface area contributed by atoms with E-state index < -0.39 is 11.6 Å². The van der Waals surface area contributed by atoms with Crippen molar-refractivity contribution in [1.29, 1.82) is 0 Å². The third kappa shape index (κ3) is 4.33. The summed E-state index contributed by atoms with van der Waals surface area (Å²) < 4.78 is 37.7. The Morgan fingerprint density at radius 3 is 2.65 bits per heavy atom. The zero-order valence-electron chi connectivity index (χ0n) is 20.5. The number of hydrogen-bond donors (Lipinski definition) is 0. The van der Waals surface area contributed by atoms with Crippen molar-refractivity contribution < 1.29 is 13.5 Å². The number of thiazole rings is 1. The first-order valence-corrected chi connectivity index (χ1v) is 13.7. The molecule has 3 aliphatic rings. The molecule has 37 heavy (non-hydrogen) atoms. The van der Waals surface area contributed by atoms with E-state index in [1.165, 1.54) is 36.3 Å². The summed E-state index contributed by atoms with van der Waals surface area (Å²) in [5, 5.41) is 5.39. The molecular formula is C26H27F2N7OS. The van der Waals surface area contributed by atoms with Gasteiger partial charge in [0.1, 0.15) is 22.4 Å². The largest absolute Gasteiger partial charge is 0.367 e. The summed E-state index contributed by atoms with van der Waals surface area (Å²) in [6, 6.07) is 4.11. The molecule has 2 saturated heterocycles. The Kier molecular flexibility index (Phi) is 5.58. The van der Waals surface area contributed by atoms with Gasteiger partial charge in [-0.25, -0.2) is 13.8 Å². The van der Waals surface area contributed by atoms with Crippen molar-refractivity contribution in [2.45, 2.75) is 50.9 Å². The van der Waals surface area contributed by atoms with Crippen LogP contribution in [0.5, 0.6) is 0 Å². The molecule has 0 bridgehead atoms. The normalized spacial score (nSPS) is 22.4. The number of fused-ring (bicyclic) bond motifs is 1. The number of aromatic nitrogens is 5. The number of morpholine rings is 1. The fourth-order valence-electron chi connectivity index (χ4n) is 5.21. The van der Waals surface area contributed by atoms with Crippen molar-refractivity contribution >= 4 is 32.8 Å². The predicted octanol–water partition coefficient (Wildman–Crippen LogP) is 5.13. The number of halogens is 2. The third-order valence-electron chi connectivity index (χ3n) is 7.25. The quantitative estimate of drug-likeness (QED) is 0.359. The highest BCUT2D eigenvalue weighted by Gasteiger charge is 2.32. The summed E-state index contributed by atoms with van der Waals surface area (Å²) in [6.45, 7) is 5.04. The van der Waals surface area contributed by atoms with Crippen LogP contribution < -0.4 is 9.80 Å². The molecule has 1 saturated carbocycles. The molecule has 2 atom stereocenters. The topological polar surface area (TPSA) is 72.2 Å². The Labute approximate surface area is 216 Å². The lowest BCUT2D eigenvalue weighted by Crippen LogP contribution is -2.43. The maximum atomic E-state index is 15.0. The van der Waals surface area contributed by atoms with Crippen LogP contribution in [-0.2, 0) is 4.74 Å². The summed E-state index contributed by atoms with van der Waals surface area (Å²) >= 11 is 1.47. The van der Waals surface area contributed by atoms with Gasteiger partial charge in [0.2, 0.25) is 5.95 Å². The fourth-order valence-corrected chi connectivity index (χ4v) is 6.27. The number of benzene rings is 1. The average Bonchev–Trinajstić information content (AvgIpc) is 3.28. The Bertz CT molecular complexity index is 1460. The lowest BCUT2D eigenvalue weighted by molar-refractivity contribution is -0.0178. The molecule has 1 unspecified atom stereocenters. The van der Waals surface area contributed by atoms with Gasteiger partial charge >= 0.3 is 0 Å². The minimum absolute atomic E-state index is 0.0658. The Hall–Kier alpha value is -3.18. The summed E-state index contributed by atoms with van der Waals surface area (Å²) in [7, 11) is 0. The molecule has 0 N–H and O–H groups in total. The van der Waals surface area contributed by atoms with Crippen LogP contribution in [0.2, 0.25) is 0 Å². The van der Waals surface area contributed by atoms with Gasteiger partial charge in [0.05, 0.1) is 30.6 Å². The molecule has 0 spiro atoms. The Morgan fingerprint density at radius 1 is 1.03 bits per heavy atom. The maximum Gasteiger partial charge on any atom is 0.228 e. The second-order valence-electron chi connectivity index (χ2n) is 10.2. The molecule has 3 aromatic heterocycles. The van der Waals surface area contributed by atoms with Gasteiger partial charge in [0, 0.05) is 43.0 Å². The van der Waals surface area contributed by atoms with Gasteiger partial charge in [-0.2, -0.15) is 15.1 Å². The number of ether oxygens (including phenoxy) is 1. The number of nitrogens with zero attached hydrogens (tertiary/aromatic N) is 7. The van der Waals surface area contributed by atoms with Gasteiger partial charge in [-0.3, -0.25) is 4.68 Å². The minimum atomic E-state index is -0.650. The van der Waals surface area contributed by atoms with Crippen LogP contribution in [0.15, 0.2) is 30.6 Å². The molecule has 11 heteroatoms. The lowest BCUT2D eigenvalue weighted by Gasteiger charge is -2.36. The van der Waals surface area contributed by atoms with Crippen LogP contribution in [0, 0.1) is 11.6 Å². The standard InChI is InChI=1S/C26H27F2N7OS/c1-15-12-34(14-21(36-15)16-11-29-35(13-16)18-5-6-18)25-30-22(19-7-4-17(27)10-20(19)28)23-24(31-25)32-26(37-23)33-8-2-3-9-33/h4,7,10-11,13,15,18,21H,2-3,5-6,8-9,12,14H2,1H3/t15?,21-/m1/s1. The van der Waals surface area contributed by atoms with Crippen LogP contribution in [0.25, 0.3) is 21.6 Å². The zero-order valence-corrected chi connectivity index (χ0v) is 21.3. The SMILES string of the molecule is CC1CN(c2nc(-c3ccc(F)cc3F)c3sc(N4CCCC4)nc3n2)C[C@H](c2cnn(C3CC3)c2)O1. The van der Waals surface area contributed by atoms with E-state index in [1.54, 1.807) is 0 Å². The van der Waals surface area contributed by atoms with E-state index in [9.17, 15) is 8.78 Å². The van der Waals surface area contributed by atoms with Crippen LogP contribution in [0.4, 0.5) is 19.9 Å². The first-order chi connectivity index (χ1) is 18.0. The van der Waals surface area contributed by atoms with Gasteiger partial charge in [-0.05, 0) is 44.7 Å². The van der Waals surface area contributed by atoms with E-state index >= 15 is 0 Å². The van der Waals surface area contributed by atoms with E-state index in [1.807, 2.05) is 17.8 Å². The molecule has 0 amide bonds. The first kappa shape index (κ1) is 23.0. The van der Waals surface area contributed by atoms with Gasteiger partial charge in [0.15, 0.2) is 10.8 Å². The van der Waals surface area contributed by atoms with E-state index in [4.69, 9.17) is 19.7 Å². The number of hydrogen-bond acceptors (Lipinski definition) is 8. The second kappa shape index (κ2) is 8.98. The van der Waals surface area contributed by atoms with Crippen LogP contribution in [0.3, 0.4) is 0 Å². The second-order valence-corrected chi connectivity index (χ2v) is 11.1. The van der Waals surface area contributed by atoms with E-state index in [2.05, 4.69) is 21.1 Å². The van der Waals surface area contributed by atoms with Crippen LogP contribution in [0.1, 0.15) is 50.3 Å². The fraction of sp³-hybridized carbons (Fsp3) is 0.462. The van der Waals surface area contributed by atoms with Crippen molar-refractivity contribution in [3.05, 3.63) is 47.8 Å². The molecular weight excluding hydrogens is 496 g/mol. The molecule has 3 fully saturated rings. The third-order valence-corrected chi connectivity index (χ3v) is 8.36. The van der Waals surface area contributed by atoms with Crippen LogP contribution >= 0.6 is 11.3 Å². The highest BCUT2D eigenvalue weighted by atomic mass is 32.1. The lowest BCUT2D eigenvalue weighted by atomic mass is 10.1. The molecule has 192 valence electrons. The summed E-state index contributed by atoms with van der Waals surface area (Å²) in [6.07, 6.45) is 8.28. The van der Waals surface area contributed by atoms with Gasteiger partial charge in [-0.15, -0.1) is 0 Å². The van der Waals surface area contributed by atoms with Crippen molar-refractivity contribution in [1.82, 2.24) is 24.7 Å². The van der Waals surface area contributed by atoms with E-state index in [-0.39, 0.29) is 17.8 Å². The summed E-state index contributed by atoms with van der Waals surface area (Å²) in [5.74, 6) is -0.799. The molecule has 8 nitrogen and oxygen atoms in total. The molecule has 0 radical (unpaired) electrons. The van der Waals surface area contributed by atoms with Gasteiger partial charge in [0.25, 0.3) is 0 Å². The van der Waals surface area contributed by atoms with E-state index in [0.29, 0.717) is 41.1 Å². The Balaban J connectivity index is 1.29. The molecule has 7 rings (SSSR count). The maximum absolute atomic E-state index is 15.0. The Morgan fingerprint density at radius 2 is 1.86 bits per heavy atom. The monoisotopic (exact) mass is 523 g/mol. The van der Waals surface area contributed by atoms with E-state index in [0.717, 1.165) is 42.7 Å². The first-order valence-electron chi connectivity index (χ1n) is 12.9. The highest BCUT2D eigenvalue weighted by Crippen LogP contribution is 2.39. The number of anilines is 2. The number of rotatable bonds is 5. The minimum Gasteiger partial charge on any atom is -0.367 e. The average molecular weight is 524 g/mol. The smallest absolute Gasteiger partial charge is 0.228 e. The predicted molar refractivity (Wildman–Crippen MR) is 138 cm³/mol. The van der Waals surface area contributed by atoms with Crippen molar-refractivity contribution in [3.63, 3.8) is 0 Å². The molecule has 2 aliphatic heterocycles. The molecule has 4 aromatic rings. The summed E-state index contributed by atoms with van der Waals surface area (Å²) in [5.41, 5.74) is 2.25. The molecule has 1 aliphatic carbocycles. The van der Waals surface area contributed by atoms with Gasteiger partial charge in [-0.1, -0.05) is 11.3 Å². The van der Waals surface area contributed by atoms with Crippen molar-refractivity contribution in [2.75, 3.05) is 36.0 Å².